The number of hydrogen-bond acceptors (Lipinski definition) is 2. The van der Waals surface area contributed by atoms with Gasteiger partial charge in [-0.3, -0.25) is 9.69 Å². The van der Waals surface area contributed by atoms with Gasteiger partial charge in [-0.2, -0.15) is 0 Å². The Bertz CT molecular complexity index is 684. The molecule has 0 saturated heterocycles. The van der Waals surface area contributed by atoms with E-state index in [4.69, 9.17) is 17.3 Å². The number of carbonyl (C=O) groups excluding carboxylic acids is 1. The van der Waals surface area contributed by atoms with Crippen molar-refractivity contribution in [2.75, 3.05) is 11.4 Å². The summed E-state index contributed by atoms with van der Waals surface area (Å²) in [6.45, 7) is 0.341. The van der Waals surface area contributed by atoms with Crippen LogP contribution < -0.4 is 10.6 Å². The second-order valence-electron chi connectivity index (χ2n) is 5.17. The van der Waals surface area contributed by atoms with E-state index in [1.165, 1.54) is 5.56 Å². The van der Waals surface area contributed by atoms with E-state index in [2.05, 4.69) is 6.07 Å². The van der Waals surface area contributed by atoms with Crippen LogP contribution in [-0.2, 0) is 17.6 Å². The van der Waals surface area contributed by atoms with Gasteiger partial charge in [0.1, 0.15) is 0 Å². The van der Waals surface area contributed by atoms with Gasteiger partial charge in [-0.15, -0.1) is 0 Å². The van der Waals surface area contributed by atoms with E-state index in [-0.39, 0.29) is 5.91 Å². The summed E-state index contributed by atoms with van der Waals surface area (Å²) in [4.78, 5) is 14.4. The van der Waals surface area contributed by atoms with Crippen molar-refractivity contribution in [2.45, 2.75) is 19.3 Å². The first-order chi connectivity index (χ1) is 10.2. The SMILES string of the molecule is NCCC(=O)N1c2ccccc2CCc2ccc(Cl)cc21. The predicted molar refractivity (Wildman–Crippen MR) is 86.1 cm³/mol. The zero-order chi connectivity index (χ0) is 14.8. The normalized spacial score (nSPS) is 13.3. The summed E-state index contributed by atoms with van der Waals surface area (Å²) >= 11 is 6.14. The zero-order valence-corrected chi connectivity index (χ0v) is 12.4. The number of rotatable bonds is 2. The molecule has 1 heterocycles. The fraction of sp³-hybridized carbons (Fsp3) is 0.235. The van der Waals surface area contributed by atoms with Crippen molar-refractivity contribution in [2.24, 2.45) is 5.73 Å². The van der Waals surface area contributed by atoms with Gasteiger partial charge in [0, 0.05) is 18.0 Å². The number of hydrogen-bond donors (Lipinski definition) is 1. The van der Waals surface area contributed by atoms with Crippen molar-refractivity contribution < 1.29 is 4.79 Å². The van der Waals surface area contributed by atoms with E-state index in [1.54, 1.807) is 4.90 Å². The lowest BCUT2D eigenvalue weighted by Crippen LogP contribution is -2.28. The molecule has 21 heavy (non-hydrogen) atoms. The second kappa shape index (κ2) is 5.88. The molecule has 0 fully saturated rings. The van der Waals surface area contributed by atoms with Gasteiger partial charge in [0.25, 0.3) is 0 Å². The first-order valence-corrected chi connectivity index (χ1v) is 7.48. The third kappa shape index (κ3) is 2.67. The topological polar surface area (TPSA) is 46.3 Å². The Morgan fingerprint density at radius 1 is 1.10 bits per heavy atom. The summed E-state index contributed by atoms with van der Waals surface area (Å²) in [5.41, 5.74) is 9.71. The van der Waals surface area contributed by atoms with Crippen molar-refractivity contribution in [1.29, 1.82) is 0 Å². The smallest absolute Gasteiger partial charge is 0.232 e. The highest BCUT2D eigenvalue weighted by Crippen LogP contribution is 2.37. The Morgan fingerprint density at radius 2 is 1.81 bits per heavy atom. The summed E-state index contributed by atoms with van der Waals surface area (Å²) in [6.07, 6.45) is 2.13. The van der Waals surface area contributed by atoms with Crippen molar-refractivity contribution in [1.82, 2.24) is 0 Å². The van der Waals surface area contributed by atoms with E-state index in [1.807, 2.05) is 36.4 Å². The van der Waals surface area contributed by atoms with Crippen LogP contribution in [0.5, 0.6) is 0 Å². The minimum Gasteiger partial charge on any atom is -0.330 e. The third-order valence-electron chi connectivity index (χ3n) is 3.79. The Morgan fingerprint density at radius 3 is 2.57 bits per heavy atom. The van der Waals surface area contributed by atoms with Crippen LogP contribution in [0.1, 0.15) is 17.5 Å². The van der Waals surface area contributed by atoms with E-state index >= 15 is 0 Å². The van der Waals surface area contributed by atoms with Crippen molar-refractivity contribution >= 4 is 28.9 Å². The number of anilines is 2. The van der Waals surface area contributed by atoms with Crippen LogP contribution in [0.3, 0.4) is 0 Å². The zero-order valence-electron chi connectivity index (χ0n) is 11.7. The minimum absolute atomic E-state index is 0.00960. The first-order valence-electron chi connectivity index (χ1n) is 7.10. The van der Waals surface area contributed by atoms with Crippen molar-refractivity contribution in [3.05, 3.63) is 58.6 Å². The maximum absolute atomic E-state index is 12.6. The number of aryl methyl sites for hydroxylation is 2. The van der Waals surface area contributed by atoms with E-state index < -0.39 is 0 Å². The molecule has 0 bridgehead atoms. The Balaban J connectivity index is 2.19. The molecule has 0 atom stereocenters. The van der Waals surface area contributed by atoms with Gasteiger partial charge in [-0.1, -0.05) is 35.9 Å². The lowest BCUT2D eigenvalue weighted by molar-refractivity contribution is -0.117. The number of benzene rings is 2. The number of nitrogens with zero attached hydrogens (tertiary/aromatic N) is 1. The predicted octanol–water partition coefficient (Wildman–Crippen LogP) is 3.45. The van der Waals surface area contributed by atoms with Gasteiger partial charge in [0.2, 0.25) is 5.91 Å². The van der Waals surface area contributed by atoms with Gasteiger partial charge >= 0.3 is 0 Å². The van der Waals surface area contributed by atoms with Crippen LogP contribution in [0, 0.1) is 0 Å². The maximum Gasteiger partial charge on any atom is 0.232 e. The second-order valence-corrected chi connectivity index (χ2v) is 5.61. The average Bonchev–Trinajstić information content (AvgIpc) is 2.63. The third-order valence-corrected chi connectivity index (χ3v) is 4.03. The van der Waals surface area contributed by atoms with Gasteiger partial charge in [0.05, 0.1) is 11.4 Å². The number of amides is 1. The molecule has 0 unspecified atom stereocenters. The van der Waals surface area contributed by atoms with Crippen LogP contribution in [0.2, 0.25) is 5.02 Å². The molecule has 2 aromatic rings. The number of nitrogens with two attached hydrogens (primary N) is 1. The summed E-state index contributed by atoms with van der Waals surface area (Å²) in [5, 5.41) is 0.638. The van der Waals surface area contributed by atoms with Gasteiger partial charge in [0.15, 0.2) is 0 Å². The highest BCUT2D eigenvalue weighted by atomic mass is 35.5. The Kier molecular flexibility index (Phi) is 3.95. The number of halogens is 1. The summed E-state index contributed by atoms with van der Waals surface area (Å²) in [5.74, 6) is 0.00960. The monoisotopic (exact) mass is 300 g/mol. The Hall–Kier alpha value is -1.84. The van der Waals surface area contributed by atoms with Crippen molar-refractivity contribution in [3.8, 4) is 0 Å². The molecule has 0 aromatic heterocycles. The van der Waals surface area contributed by atoms with Gasteiger partial charge in [-0.25, -0.2) is 0 Å². The van der Waals surface area contributed by atoms with Crippen LogP contribution in [0.4, 0.5) is 11.4 Å². The summed E-state index contributed by atoms with van der Waals surface area (Å²) < 4.78 is 0. The molecule has 2 aromatic carbocycles. The molecule has 1 aliphatic rings. The molecule has 108 valence electrons. The lowest BCUT2D eigenvalue weighted by atomic mass is 10.0. The fourth-order valence-electron chi connectivity index (χ4n) is 2.80. The average molecular weight is 301 g/mol. The molecule has 3 nitrogen and oxygen atoms in total. The van der Waals surface area contributed by atoms with E-state index in [0.29, 0.717) is 18.0 Å². The minimum atomic E-state index is 0.00960. The highest BCUT2D eigenvalue weighted by molar-refractivity contribution is 6.31. The van der Waals surface area contributed by atoms with Crippen LogP contribution in [0.25, 0.3) is 0 Å². The molecular formula is C17H17ClN2O. The number of fused-ring (bicyclic) bond motifs is 2. The molecule has 2 N–H and O–H groups in total. The lowest BCUT2D eigenvalue weighted by Gasteiger charge is -2.25. The largest absolute Gasteiger partial charge is 0.330 e. The van der Waals surface area contributed by atoms with E-state index in [0.717, 1.165) is 29.8 Å². The van der Waals surface area contributed by atoms with E-state index in [9.17, 15) is 4.79 Å². The molecule has 1 amide bonds. The molecule has 1 aliphatic heterocycles. The number of carbonyl (C=O) groups is 1. The first kappa shape index (κ1) is 14.1. The molecular weight excluding hydrogens is 284 g/mol. The highest BCUT2D eigenvalue weighted by Gasteiger charge is 2.25. The molecule has 4 heteroatoms. The molecule has 0 saturated carbocycles. The fourth-order valence-corrected chi connectivity index (χ4v) is 2.97. The molecule has 0 spiro atoms. The van der Waals surface area contributed by atoms with Crippen LogP contribution >= 0.6 is 11.6 Å². The quantitative estimate of drug-likeness (QED) is 0.923. The maximum atomic E-state index is 12.6. The Labute approximate surface area is 129 Å². The molecule has 3 rings (SSSR count). The summed E-state index contributed by atoms with van der Waals surface area (Å²) in [7, 11) is 0. The van der Waals surface area contributed by atoms with Gasteiger partial charge in [-0.05, 0) is 42.2 Å². The molecule has 0 aliphatic carbocycles. The van der Waals surface area contributed by atoms with Crippen LogP contribution in [-0.4, -0.2) is 12.5 Å². The van der Waals surface area contributed by atoms with Crippen LogP contribution in [0.15, 0.2) is 42.5 Å². The number of para-hydroxylation sites is 1. The van der Waals surface area contributed by atoms with Crippen molar-refractivity contribution in [3.63, 3.8) is 0 Å². The molecule has 0 radical (unpaired) electrons. The summed E-state index contributed by atoms with van der Waals surface area (Å²) in [6, 6.07) is 13.8. The standard InChI is InChI=1S/C17H17ClN2O/c18-14-8-7-13-6-5-12-3-1-2-4-15(12)20(16(13)11-14)17(21)9-10-19/h1-4,7-8,11H,5-6,9-10,19H2. The van der Waals surface area contributed by atoms with Gasteiger partial charge < -0.3 is 5.73 Å².